The maximum Gasteiger partial charge on any atom is 0.294 e. The van der Waals surface area contributed by atoms with Gasteiger partial charge >= 0.3 is 0 Å². The lowest BCUT2D eigenvalue weighted by atomic mass is 10.0. The zero-order valence-corrected chi connectivity index (χ0v) is 24.5. The number of aryl methyl sites for hydroxylation is 2. The number of fused-ring (bicyclic) bond motifs is 1. The van der Waals surface area contributed by atoms with E-state index in [2.05, 4.69) is 25.9 Å². The third kappa shape index (κ3) is 5.80. The topological polar surface area (TPSA) is 123 Å². The van der Waals surface area contributed by atoms with Crippen molar-refractivity contribution in [1.82, 2.24) is 29.7 Å². The van der Waals surface area contributed by atoms with Crippen LogP contribution in [0.1, 0.15) is 34.0 Å². The highest BCUT2D eigenvalue weighted by molar-refractivity contribution is 5.96. The molecule has 220 valence electrons. The highest BCUT2D eigenvalue weighted by Gasteiger charge is 2.19. The average molecular weight is 582 g/mol. The minimum absolute atomic E-state index is 0.0957. The predicted octanol–water partition coefficient (Wildman–Crippen LogP) is 3.96. The number of nitrogens with one attached hydrogen (secondary N) is 3. The van der Waals surface area contributed by atoms with E-state index in [9.17, 15) is 18.8 Å². The molecule has 1 unspecified atom stereocenters. The molecule has 5 rings (SSSR count). The number of anilines is 1. The van der Waals surface area contributed by atoms with E-state index in [1.165, 1.54) is 22.9 Å². The lowest BCUT2D eigenvalue weighted by molar-refractivity contribution is -0.117. The van der Waals surface area contributed by atoms with Gasteiger partial charge in [-0.05, 0) is 80.9 Å². The van der Waals surface area contributed by atoms with E-state index in [4.69, 9.17) is 0 Å². The van der Waals surface area contributed by atoms with Gasteiger partial charge in [0, 0.05) is 36.0 Å². The summed E-state index contributed by atoms with van der Waals surface area (Å²) in [6.07, 6.45) is 6.79. The summed E-state index contributed by atoms with van der Waals surface area (Å²) in [5, 5.41) is 8.89. The van der Waals surface area contributed by atoms with Gasteiger partial charge in [0.05, 0.1) is 41.9 Å². The molecule has 0 aliphatic rings. The van der Waals surface area contributed by atoms with Crippen LogP contribution in [0.3, 0.4) is 0 Å². The molecule has 2 amide bonds. The van der Waals surface area contributed by atoms with Gasteiger partial charge in [0.15, 0.2) is 5.82 Å². The van der Waals surface area contributed by atoms with Crippen LogP contribution in [-0.4, -0.2) is 51.1 Å². The average Bonchev–Trinajstić information content (AvgIpc) is 3.34. The SMILES string of the molecule is CNC(=O)c1ccc(C)c(-c2cnc(NC(=O)C(C)NC)c(=O)n2Cc2cncc(-n3cc(C)c4cc(F)ccc43)c2)c1. The third-order valence-corrected chi connectivity index (χ3v) is 7.49. The van der Waals surface area contributed by atoms with Crippen LogP contribution in [0.15, 0.2) is 72.0 Å². The normalized spacial score (nSPS) is 11.9. The molecule has 5 aromatic rings. The number of rotatable bonds is 8. The third-order valence-electron chi connectivity index (χ3n) is 7.49. The summed E-state index contributed by atoms with van der Waals surface area (Å²) >= 11 is 0. The molecule has 0 saturated carbocycles. The summed E-state index contributed by atoms with van der Waals surface area (Å²) in [5.41, 5.74) is 5.03. The number of pyridine rings is 1. The highest BCUT2D eigenvalue weighted by atomic mass is 19.1. The van der Waals surface area contributed by atoms with Crippen molar-refractivity contribution in [3.63, 3.8) is 0 Å². The van der Waals surface area contributed by atoms with Crippen LogP contribution < -0.4 is 21.5 Å². The van der Waals surface area contributed by atoms with Gasteiger partial charge in [0.1, 0.15) is 5.82 Å². The molecular formula is C32H32FN7O3. The molecule has 0 radical (unpaired) electrons. The summed E-state index contributed by atoms with van der Waals surface area (Å²) in [7, 11) is 3.20. The van der Waals surface area contributed by atoms with Gasteiger partial charge in [-0.3, -0.25) is 23.9 Å². The van der Waals surface area contributed by atoms with Crippen molar-refractivity contribution in [3.05, 3.63) is 106 Å². The molecule has 10 nitrogen and oxygen atoms in total. The van der Waals surface area contributed by atoms with Crippen molar-refractivity contribution in [2.45, 2.75) is 33.4 Å². The molecule has 0 spiro atoms. The quantitative estimate of drug-likeness (QED) is 0.255. The van der Waals surface area contributed by atoms with E-state index in [0.29, 0.717) is 22.4 Å². The van der Waals surface area contributed by atoms with Gasteiger partial charge in [-0.15, -0.1) is 0 Å². The molecule has 0 fully saturated rings. The molecule has 11 heteroatoms. The van der Waals surface area contributed by atoms with Crippen molar-refractivity contribution >= 4 is 28.5 Å². The summed E-state index contributed by atoms with van der Waals surface area (Å²) in [4.78, 5) is 47.7. The summed E-state index contributed by atoms with van der Waals surface area (Å²) in [5.74, 6) is -1.10. The monoisotopic (exact) mass is 581 g/mol. The molecule has 0 bridgehead atoms. The Morgan fingerprint density at radius 1 is 1.00 bits per heavy atom. The van der Waals surface area contributed by atoms with Crippen LogP contribution in [0.4, 0.5) is 10.2 Å². The predicted molar refractivity (Wildman–Crippen MR) is 164 cm³/mol. The van der Waals surface area contributed by atoms with Crippen LogP contribution in [0, 0.1) is 19.7 Å². The van der Waals surface area contributed by atoms with Gasteiger partial charge in [0.2, 0.25) is 5.91 Å². The smallest absolute Gasteiger partial charge is 0.294 e. The van der Waals surface area contributed by atoms with Crippen molar-refractivity contribution in [2.75, 3.05) is 19.4 Å². The first-order chi connectivity index (χ1) is 20.6. The van der Waals surface area contributed by atoms with Gasteiger partial charge in [-0.2, -0.15) is 0 Å². The molecular weight excluding hydrogens is 549 g/mol. The second-order valence-corrected chi connectivity index (χ2v) is 10.4. The van der Waals surface area contributed by atoms with Crippen molar-refractivity contribution in [1.29, 1.82) is 0 Å². The van der Waals surface area contributed by atoms with Crippen molar-refractivity contribution in [2.24, 2.45) is 0 Å². The zero-order valence-electron chi connectivity index (χ0n) is 24.5. The first kappa shape index (κ1) is 29.3. The second kappa shape index (κ2) is 12.0. The number of aromatic nitrogens is 4. The van der Waals surface area contributed by atoms with Crippen LogP contribution in [0.2, 0.25) is 0 Å². The Bertz CT molecular complexity index is 1930. The number of likely N-dealkylation sites (N-methyl/N-ethyl adjacent to an activating group) is 1. The van der Waals surface area contributed by atoms with Crippen LogP contribution in [-0.2, 0) is 11.3 Å². The van der Waals surface area contributed by atoms with Crippen LogP contribution in [0.5, 0.6) is 0 Å². The Morgan fingerprint density at radius 2 is 1.79 bits per heavy atom. The number of carbonyl (C=O) groups excluding carboxylic acids is 2. The molecule has 0 aliphatic heterocycles. The summed E-state index contributed by atoms with van der Waals surface area (Å²) in [6.45, 7) is 5.57. The fraction of sp³-hybridized carbons (Fsp3) is 0.219. The Labute approximate surface area is 247 Å². The van der Waals surface area contributed by atoms with Crippen molar-refractivity contribution in [3.8, 4) is 16.9 Å². The van der Waals surface area contributed by atoms with Crippen LogP contribution >= 0.6 is 0 Å². The molecule has 1 atom stereocenters. The van der Waals surface area contributed by atoms with E-state index in [1.54, 1.807) is 51.6 Å². The Morgan fingerprint density at radius 3 is 2.53 bits per heavy atom. The zero-order chi connectivity index (χ0) is 30.8. The van der Waals surface area contributed by atoms with Gasteiger partial charge < -0.3 is 20.5 Å². The highest BCUT2D eigenvalue weighted by Crippen LogP contribution is 2.27. The van der Waals surface area contributed by atoms with Gasteiger partial charge in [-0.1, -0.05) is 6.07 Å². The standard InChI is InChI=1S/C32H32FN7O3/c1-18-6-7-22(31(42)35-5)11-25(18)28-15-37-29(38-30(41)20(3)34-4)32(43)40(28)17-21-10-24(14-36-13-21)39-16-19(2)26-12-23(33)8-9-27(26)39/h6-16,20,34H,17H2,1-5H3,(H,35,42)(H,37,38,41). The Hall–Kier alpha value is -5.16. The van der Waals surface area contributed by atoms with Gasteiger partial charge in [0.25, 0.3) is 11.5 Å². The van der Waals surface area contributed by atoms with E-state index >= 15 is 0 Å². The maximum absolute atomic E-state index is 13.9. The number of nitrogens with zero attached hydrogens (tertiary/aromatic N) is 4. The molecule has 0 aliphatic carbocycles. The fourth-order valence-electron chi connectivity index (χ4n) is 4.94. The van der Waals surface area contributed by atoms with E-state index in [1.807, 2.05) is 36.7 Å². The number of halogens is 1. The largest absolute Gasteiger partial charge is 0.355 e. The van der Waals surface area contributed by atoms with E-state index in [0.717, 1.165) is 27.7 Å². The maximum atomic E-state index is 13.9. The minimum Gasteiger partial charge on any atom is -0.355 e. The number of carbonyl (C=O) groups is 2. The molecule has 3 aromatic heterocycles. The van der Waals surface area contributed by atoms with Crippen LogP contribution in [0.25, 0.3) is 27.8 Å². The van der Waals surface area contributed by atoms with E-state index in [-0.39, 0.29) is 24.1 Å². The first-order valence-electron chi connectivity index (χ1n) is 13.7. The number of hydrogen-bond acceptors (Lipinski definition) is 6. The van der Waals surface area contributed by atoms with E-state index < -0.39 is 17.5 Å². The Kier molecular flexibility index (Phi) is 8.18. The number of amides is 2. The minimum atomic E-state index is -0.546. The van der Waals surface area contributed by atoms with Crippen molar-refractivity contribution < 1.29 is 14.0 Å². The summed E-state index contributed by atoms with van der Waals surface area (Å²) in [6, 6.07) is 11.2. The molecule has 3 N–H and O–H groups in total. The molecule has 0 saturated heterocycles. The molecule has 3 heterocycles. The Balaban J connectivity index is 1.63. The number of benzene rings is 2. The molecule has 43 heavy (non-hydrogen) atoms. The van der Waals surface area contributed by atoms with Gasteiger partial charge in [-0.25, -0.2) is 9.37 Å². The summed E-state index contributed by atoms with van der Waals surface area (Å²) < 4.78 is 17.4. The second-order valence-electron chi connectivity index (χ2n) is 10.4. The first-order valence-corrected chi connectivity index (χ1v) is 13.7. The fourth-order valence-corrected chi connectivity index (χ4v) is 4.94. The lowest BCUT2D eigenvalue weighted by Gasteiger charge is -2.18. The number of hydrogen-bond donors (Lipinski definition) is 3. The lowest BCUT2D eigenvalue weighted by Crippen LogP contribution is -2.38. The molecule has 2 aromatic carbocycles.